The molecule has 82 valence electrons. The van der Waals surface area contributed by atoms with E-state index in [0.717, 1.165) is 24.3 Å². The average Bonchev–Trinajstić information content (AvgIpc) is 2.71. The summed E-state index contributed by atoms with van der Waals surface area (Å²) in [4.78, 5) is 4.26. The number of aromatic nitrogens is 1. The third-order valence-electron chi connectivity index (χ3n) is 2.87. The molecule has 1 aliphatic rings. The van der Waals surface area contributed by atoms with Crippen molar-refractivity contribution in [1.82, 2.24) is 4.98 Å². The van der Waals surface area contributed by atoms with Crippen LogP contribution in [0.4, 0.5) is 0 Å². The number of ether oxygens (including phenoxy) is 1. The van der Waals surface area contributed by atoms with Gasteiger partial charge in [0.25, 0.3) is 0 Å². The molecule has 0 unspecified atom stereocenters. The second-order valence-electron chi connectivity index (χ2n) is 4.24. The third kappa shape index (κ3) is 2.69. The van der Waals surface area contributed by atoms with Crippen molar-refractivity contribution < 1.29 is 4.74 Å². The van der Waals surface area contributed by atoms with Crippen molar-refractivity contribution in [3.63, 3.8) is 0 Å². The Labute approximate surface area is 90.7 Å². The van der Waals surface area contributed by atoms with Crippen LogP contribution in [0, 0.1) is 0 Å². The lowest BCUT2D eigenvalue weighted by molar-refractivity contribution is 0.201. The fourth-order valence-electron chi connectivity index (χ4n) is 1.91. The van der Waals surface area contributed by atoms with Gasteiger partial charge in [0.1, 0.15) is 6.10 Å². The second kappa shape index (κ2) is 4.62. The van der Waals surface area contributed by atoms with Gasteiger partial charge >= 0.3 is 0 Å². The van der Waals surface area contributed by atoms with Crippen molar-refractivity contribution in [1.29, 1.82) is 0 Å². The number of rotatable bonds is 3. The van der Waals surface area contributed by atoms with E-state index in [-0.39, 0.29) is 6.04 Å². The predicted octanol–water partition coefficient (Wildman–Crippen LogP) is 2.42. The first-order valence-electron chi connectivity index (χ1n) is 5.64. The first-order chi connectivity index (χ1) is 7.25. The van der Waals surface area contributed by atoms with E-state index in [1.165, 1.54) is 12.8 Å². The Morgan fingerprint density at radius 2 is 2.13 bits per heavy atom. The first kappa shape index (κ1) is 10.4. The fourth-order valence-corrected chi connectivity index (χ4v) is 1.91. The first-order valence-corrected chi connectivity index (χ1v) is 5.64. The zero-order valence-electron chi connectivity index (χ0n) is 9.15. The molecule has 0 amide bonds. The van der Waals surface area contributed by atoms with Gasteiger partial charge in [0.15, 0.2) is 0 Å². The Morgan fingerprint density at radius 3 is 2.67 bits per heavy atom. The smallest absolute Gasteiger partial charge is 0.213 e. The standard InChI is InChI=1S/C12H18N2O/c1-9(13)10-6-7-12(14-8-10)15-11-4-2-3-5-11/h6-9,11H,2-5,13H2,1H3/t9-/m1/s1. The molecular weight excluding hydrogens is 188 g/mol. The van der Waals surface area contributed by atoms with Crippen LogP contribution >= 0.6 is 0 Å². The van der Waals surface area contributed by atoms with Crippen molar-refractivity contribution in [2.24, 2.45) is 5.73 Å². The molecule has 1 saturated carbocycles. The summed E-state index contributed by atoms with van der Waals surface area (Å²) in [7, 11) is 0. The summed E-state index contributed by atoms with van der Waals surface area (Å²) in [5.41, 5.74) is 6.80. The third-order valence-corrected chi connectivity index (χ3v) is 2.87. The number of hydrogen-bond acceptors (Lipinski definition) is 3. The molecule has 3 nitrogen and oxygen atoms in total. The van der Waals surface area contributed by atoms with Crippen molar-refractivity contribution in [2.45, 2.75) is 44.8 Å². The lowest BCUT2D eigenvalue weighted by Crippen LogP contribution is -2.12. The molecule has 0 aliphatic heterocycles. The molecule has 1 atom stereocenters. The number of nitrogens with two attached hydrogens (primary N) is 1. The Kier molecular flexibility index (Phi) is 3.21. The largest absolute Gasteiger partial charge is 0.474 e. The van der Waals surface area contributed by atoms with Gasteiger partial charge < -0.3 is 10.5 Å². The lowest BCUT2D eigenvalue weighted by Gasteiger charge is -2.12. The van der Waals surface area contributed by atoms with Crippen molar-refractivity contribution in [3.8, 4) is 5.88 Å². The lowest BCUT2D eigenvalue weighted by atomic mass is 10.2. The molecule has 0 spiro atoms. The Hall–Kier alpha value is -1.09. The van der Waals surface area contributed by atoms with E-state index in [4.69, 9.17) is 10.5 Å². The topological polar surface area (TPSA) is 48.1 Å². The van der Waals surface area contributed by atoms with Crippen LogP contribution in [0.5, 0.6) is 5.88 Å². The maximum absolute atomic E-state index is 5.76. The van der Waals surface area contributed by atoms with Gasteiger partial charge in [-0.1, -0.05) is 6.07 Å². The normalized spacial score (nSPS) is 19.1. The van der Waals surface area contributed by atoms with Crippen molar-refractivity contribution in [2.75, 3.05) is 0 Å². The predicted molar refractivity (Wildman–Crippen MR) is 59.7 cm³/mol. The van der Waals surface area contributed by atoms with Crippen LogP contribution in [0.1, 0.15) is 44.2 Å². The number of hydrogen-bond donors (Lipinski definition) is 1. The van der Waals surface area contributed by atoms with Crippen LogP contribution in [-0.2, 0) is 0 Å². The minimum absolute atomic E-state index is 0.0398. The van der Waals surface area contributed by atoms with Gasteiger partial charge in [0.05, 0.1) is 0 Å². The quantitative estimate of drug-likeness (QED) is 0.826. The molecule has 1 fully saturated rings. The van der Waals surface area contributed by atoms with E-state index < -0.39 is 0 Å². The van der Waals surface area contributed by atoms with Crippen LogP contribution in [0.15, 0.2) is 18.3 Å². The second-order valence-corrected chi connectivity index (χ2v) is 4.24. The van der Waals surface area contributed by atoms with E-state index >= 15 is 0 Å². The molecule has 1 heterocycles. The Bertz CT molecular complexity index is 302. The highest BCUT2D eigenvalue weighted by atomic mass is 16.5. The van der Waals surface area contributed by atoms with Gasteiger partial charge in [0.2, 0.25) is 5.88 Å². The van der Waals surface area contributed by atoms with Gasteiger partial charge in [-0.3, -0.25) is 0 Å². The Balaban J connectivity index is 1.97. The molecular formula is C12H18N2O. The molecule has 1 aromatic heterocycles. The number of nitrogens with zero attached hydrogens (tertiary/aromatic N) is 1. The Morgan fingerprint density at radius 1 is 1.40 bits per heavy atom. The van der Waals surface area contributed by atoms with Crippen LogP contribution < -0.4 is 10.5 Å². The van der Waals surface area contributed by atoms with Crippen LogP contribution in [0.25, 0.3) is 0 Å². The fraction of sp³-hybridized carbons (Fsp3) is 0.583. The molecule has 2 N–H and O–H groups in total. The summed E-state index contributed by atoms with van der Waals surface area (Å²) < 4.78 is 5.76. The molecule has 15 heavy (non-hydrogen) atoms. The molecule has 1 aliphatic carbocycles. The summed E-state index contributed by atoms with van der Waals surface area (Å²) in [6.45, 7) is 1.95. The molecule has 0 radical (unpaired) electrons. The van der Waals surface area contributed by atoms with Crippen LogP contribution in [-0.4, -0.2) is 11.1 Å². The van der Waals surface area contributed by atoms with Gasteiger partial charge in [-0.15, -0.1) is 0 Å². The van der Waals surface area contributed by atoms with E-state index in [2.05, 4.69) is 4.98 Å². The van der Waals surface area contributed by atoms with E-state index in [9.17, 15) is 0 Å². The molecule has 2 rings (SSSR count). The minimum atomic E-state index is 0.0398. The zero-order chi connectivity index (χ0) is 10.7. The zero-order valence-corrected chi connectivity index (χ0v) is 9.15. The van der Waals surface area contributed by atoms with Gasteiger partial charge in [0, 0.05) is 18.3 Å². The van der Waals surface area contributed by atoms with Gasteiger partial charge in [-0.05, 0) is 38.2 Å². The van der Waals surface area contributed by atoms with Crippen molar-refractivity contribution in [3.05, 3.63) is 23.9 Å². The summed E-state index contributed by atoms with van der Waals surface area (Å²) in [6, 6.07) is 3.94. The molecule has 1 aromatic rings. The molecule has 3 heteroatoms. The summed E-state index contributed by atoms with van der Waals surface area (Å²) in [5.74, 6) is 0.728. The van der Waals surface area contributed by atoms with Crippen LogP contribution in [0.3, 0.4) is 0 Å². The SMILES string of the molecule is C[C@@H](N)c1ccc(OC2CCCC2)nc1. The molecule has 0 aromatic carbocycles. The molecule has 0 bridgehead atoms. The number of pyridine rings is 1. The summed E-state index contributed by atoms with van der Waals surface area (Å²) in [5, 5.41) is 0. The summed E-state index contributed by atoms with van der Waals surface area (Å²) in [6.07, 6.45) is 7.06. The average molecular weight is 206 g/mol. The maximum atomic E-state index is 5.76. The maximum Gasteiger partial charge on any atom is 0.213 e. The van der Waals surface area contributed by atoms with Gasteiger partial charge in [-0.25, -0.2) is 4.98 Å². The van der Waals surface area contributed by atoms with E-state index in [0.29, 0.717) is 6.10 Å². The summed E-state index contributed by atoms with van der Waals surface area (Å²) >= 11 is 0. The van der Waals surface area contributed by atoms with Gasteiger partial charge in [-0.2, -0.15) is 0 Å². The molecule has 0 saturated heterocycles. The highest BCUT2D eigenvalue weighted by Gasteiger charge is 2.16. The van der Waals surface area contributed by atoms with E-state index in [1.807, 2.05) is 19.1 Å². The van der Waals surface area contributed by atoms with Crippen molar-refractivity contribution >= 4 is 0 Å². The minimum Gasteiger partial charge on any atom is -0.474 e. The monoisotopic (exact) mass is 206 g/mol. The highest BCUT2D eigenvalue weighted by molar-refractivity contribution is 5.20. The highest BCUT2D eigenvalue weighted by Crippen LogP contribution is 2.23. The van der Waals surface area contributed by atoms with Crippen LogP contribution in [0.2, 0.25) is 0 Å². The van der Waals surface area contributed by atoms with E-state index in [1.54, 1.807) is 6.20 Å².